The number of pyridine rings is 2. The van der Waals surface area contributed by atoms with Crippen LogP contribution >= 0.6 is 0 Å². The quantitative estimate of drug-likeness (QED) is 0.865. The van der Waals surface area contributed by atoms with Gasteiger partial charge in [0.25, 0.3) is 0 Å². The van der Waals surface area contributed by atoms with E-state index >= 15 is 0 Å². The van der Waals surface area contributed by atoms with Gasteiger partial charge in [-0.25, -0.2) is 9.37 Å². The van der Waals surface area contributed by atoms with Crippen LogP contribution in [0.4, 0.5) is 10.2 Å². The van der Waals surface area contributed by atoms with Crippen LogP contribution in [0.15, 0.2) is 36.7 Å². The Balaban J connectivity index is 1.63. The zero-order valence-corrected chi connectivity index (χ0v) is 12.1. The molecule has 0 saturated carbocycles. The molecule has 112 valence electrons. The van der Waals surface area contributed by atoms with E-state index in [1.54, 1.807) is 30.6 Å². The highest BCUT2D eigenvalue weighted by Gasteiger charge is 2.21. The fraction of sp³-hybridized carbons (Fsp3) is 0.312. The van der Waals surface area contributed by atoms with Gasteiger partial charge in [-0.3, -0.25) is 9.88 Å². The molecule has 1 aliphatic heterocycles. The van der Waals surface area contributed by atoms with Crippen molar-refractivity contribution in [1.82, 2.24) is 14.9 Å². The van der Waals surface area contributed by atoms with Gasteiger partial charge in [-0.05, 0) is 24.3 Å². The van der Waals surface area contributed by atoms with Crippen molar-refractivity contribution in [1.29, 1.82) is 5.26 Å². The number of rotatable bonds is 3. The lowest BCUT2D eigenvalue weighted by Crippen LogP contribution is -2.46. The average molecular weight is 297 g/mol. The molecule has 1 saturated heterocycles. The van der Waals surface area contributed by atoms with E-state index in [0.717, 1.165) is 32.0 Å². The third-order valence-electron chi connectivity index (χ3n) is 3.79. The van der Waals surface area contributed by atoms with Gasteiger partial charge in [-0.2, -0.15) is 5.26 Å². The Kier molecular flexibility index (Phi) is 4.26. The second-order valence-electron chi connectivity index (χ2n) is 5.18. The zero-order chi connectivity index (χ0) is 15.4. The zero-order valence-electron chi connectivity index (χ0n) is 12.1. The molecule has 5 nitrogen and oxygen atoms in total. The van der Waals surface area contributed by atoms with E-state index in [2.05, 4.69) is 25.8 Å². The molecule has 3 heterocycles. The van der Waals surface area contributed by atoms with Crippen LogP contribution < -0.4 is 4.90 Å². The monoisotopic (exact) mass is 297 g/mol. The SMILES string of the molecule is N#Cc1cccnc1N1CCN(Cc2ncccc2F)CC1. The maximum Gasteiger partial charge on any atom is 0.146 e. The number of hydrogen-bond acceptors (Lipinski definition) is 5. The molecule has 0 bridgehead atoms. The Hall–Kier alpha value is -2.52. The minimum absolute atomic E-state index is 0.263. The van der Waals surface area contributed by atoms with Crippen molar-refractivity contribution < 1.29 is 4.39 Å². The first-order valence-electron chi connectivity index (χ1n) is 7.20. The molecule has 1 aliphatic rings. The molecule has 0 unspecified atom stereocenters. The highest BCUT2D eigenvalue weighted by atomic mass is 19.1. The van der Waals surface area contributed by atoms with Gasteiger partial charge in [0.1, 0.15) is 17.7 Å². The van der Waals surface area contributed by atoms with Crippen LogP contribution in [0.25, 0.3) is 0 Å². The Morgan fingerprint density at radius 1 is 1.09 bits per heavy atom. The number of halogens is 1. The van der Waals surface area contributed by atoms with E-state index in [0.29, 0.717) is 17.8 Å². The van der Waals surface area contributed by atoms with Gasteiger partial charge in [0.2, 0.25) is 0 Å². The summed E-state index contributed by atoms with van der Waals surface area (Å²) in [6.45, 7) is 3.61. The summed E-state index contributed by atoms with van der Waals surface area (Å²) in [6.07, 6.45) is 3.31. The predicted octanol–water partition coefficient (Wildman–Crippen LogP) is 1.81. The van der Waals surface area contributed by atoms with Crippen LogP contribution in [-0.4, -0.2) is 41.0 Å². The standard InChI is InChI=1S/C16H16FN5/c17-14-4-2-5-19-15(14)12-21-7-9-22(10-8-21)16-13(11-18)3-1-6-20-16/h1-6H,7-10,12H2. The van der Waals surface area contributed by atoms with Crippen LogP contribution in [-0.2, 0) is 6.54 Å². The highest BCUT2D eigenvalue weighted by Crippen LogP contribution is 2.18. The molecule has 0 amide bonds. The molecular weight excluding hydrogens is 281 g/mol. The molecule has 0 aromatic carbocycles. The highest BCUT2D eigenvalue weighted by molar-refractivity contribution is 5.53. The summed E-state index contributed by atoms with van der Waals surface area (Å²) < 4.78 is 13.6. The van der Waals surface area contributed by atoms with Gasteiger partial charge < -0.3 is 4.90 Å². The van der Waals surface area contributed by atoms with Crippen LogP contribution in [0.5, 0.6) is 0 Å². The van der Waals surface area contributed by atoms with Gasteiger partial charge >= 0.3 is 0 Å². The van der Waals surface area contributed by atoms with Gasteiger partial charge in [-0.1, -0.05) is 0 Å². The summed E-state index contributed by atoms with van der Waals surface area (Å²) >= 11 is 0. The Bertz CT molecular complexity index is 689. The van der Waals surface area contributed by atoms with Crippen LogP contribution in [0, 0.1) is 17.1 Å². The number of piperazine rings is 1. The third-order valence-corrected chi connectivity index (χ3v) is 3.79. The Morgan fingerprint density at radius 3 is 2.55 bits per heavy atom. The van der Waals surface area contributed by atoms with Crippen LogP contribution in [0.2, 0.25) is 0 Å². The van der Waals surface area contributed by atoms with Crippen LogP contribution in [0.1, 0.15) is 11.3 Å². The van der Waals surface area contributed by atoms with Crippen molar-refractivity contribution in [2.45, 2.75) is 6.54 Å². The smallest absolute Gasteiger partial charge is 0.146 e. The van der Waals surface area contributed by atoms with Gasteiger partial charge in [0, 0.05) is 45.1 Å². The number of nitrogens with zero attached hydrogens (tertiary/aromatic N) is 5. The van der Waals surface area contributed by atoms with Crippen molar-refractivity contribution in [2.24, 2.45) is 0 Å². The molecule has 0 N–H and O–H groups in total. The topological polar surface area (TPSA) is 56.1 Å². The van der Waals surface area contributed by atoms with E-state index in [1.165, 1.54) is 6.07 Å². The summed E-state index contributed by atoms with van der Waals surface area (Å²) in [6, 6.07) is 8.75. The fourth-order valence-corrected chi connectivity index (χ4v) is 2.60. The van der Waals surface area contributed by atoms with Crippen molar-refractivity contribution in [3.05, 3.63) is 53.7 Å². The first-order chi connectivity index (χ1) is 10.8. The van der Waals surface area contributed by atoms with Crippen molar-refractivity contribution in [3.8, 4) is 6.07 Å². The lowest BCUT2D eigenvalue weighted by Gasteiger charge is -2.35. The lowest BCUT2D eigenvalue weighted by atomic mass is 10.2. The van der Waals surface area contributed by atoms with Gasteiger partial charge in [0.15, 0.2) is 0 Å². The minimum Gasteiger partial charge on any atom is -0.353 e. The second-order valence-corrected chi connectivity index (χ2v) is 5.18. The maximum atomic E-state index is 13.6. The van der Waals surface area contributed by atoms with Gasteiger partial charge in [-0.15, -0.1) is 0 Å². The number of nitriles is 1. The third kappa shape index (κ3) is 3.05. The Morgan fingerprint density at radius 2 is 1.82 bits per heavy atom. The molecule has 2 aromatic heterocycles. The molecule has 2 aromatic rings. The van der Waals surface area contributed by atoms with Crippen molar-refractivity contribution in [2.75, 3.05) is 31.1 Å². The molecule has 1 fully saturated rings. The number of aromatic nitrogens is 2. The second kappa shape index (κ2) is 6.50. The molecule has 0 spiro atoms. The molecule has 3 rings (SSSR count). The largest absolute Gasteiger partial charge is 0.353 e. The van der Waals surface area contributed by atoms with Crippen molar-refractivity contribution >= 4 is 5.82 Å². The van der Waals surface area contributed by atoms with E-state index in [1.807, 2.05) is 0 Å². The normalized spacial score (nSPS) is 15.5. The fourth-order valence-electron chi connectivity index (χ4n) is 2.60. The number of hydrogen-bond donors (Lipinski definition) is 0. The average Bonchev–Trinajstić information content (AvgIpc) is 2.58. The molecule has 0 aliphatic carbocycles. The summed E-state index contributed by atoms with van der Waals surface area (Å²) in [5.74, 6) is 0.468. The summed E-state index contributed by atoms with van der Waals surface area (Å²) in [5, 5.41) is 9.15. The first-order valence-corrected chi connectivity index (χ1v) is 7.20. The molecular formula is C16H16FN5. The lowest BCUT2D eigenvalue weighted by molar-refractivity contribution is 0.243. The van der Waals surface area contributed by atoms with E-state index in [9.17, 15) is 4.39 Å². The van der Waals surface area contributed by atoms with Gasteiger partial charge in [0.05, 0.1) is 11.3 Å². The predicted molar refractivity (Wildman–Crippen MR) is 80.6 cm³/mol. The van der Waals surface area contributed by atoms with Crippen LogP contribution in [0.3, 0.4) is 0 Å². The Labute approximate surface area is 128 Å². The van der Waals surface area contributed by atoms with E-state index < -0.39 is 0 Å². The molecule has 22 heavy (non-hydrogen) atoms. The summed E-state index contributed by atoms with van der Waals surface area (Å²) in [4.78, 5) is 12.7. The minimum atomic E-state index is -0.263. The van der Waals surface area contributed by atoms with E-state index in [4.69, 9.17) is 5.26 Å². The maximum absolute atomic E-state index is 13.6. The number of anilines is 1. The van der Waals surface area contributed by atoms with Crippen molar-refractivity contribution in [3.63, 3.8) is 0 Å². The van der Waals surface area contributed by atoms with E-state index in [-0.39, 0.29) is 5.82 Å². The summed E-state index contributed by atoms with van der Waals surface area (Å²) in [7, 11) is 0. The molecule has 6 heteroatoms. The molecule has 0 radical (unpaired) electrons. The molecule has 0 atom stereocenters. The first kappa shape index (κ1) is 14.4. The summed E-state index contributed by atoms with van der Waals surface area (Å²) in [5.41, 5.74) is 1.07.